The number of hydrogen-bond donors (Lipinski definition) is 1. The lowest BCUT2D eigenvalue weighted by atomic mass is 10.0. The van der Waals surface area contributed by atoms with Crippen LogP contribution in [0.1, 0.15) is 31.4 Å². The van der Waals surface area contributed by atoms with E-state index in [2.05, 4.69) is 58.7 Å². The average Bonchev–Trinajstić information content (AvgIpc) is 2.19. The van der Waals surface area contributed by atoms with Gasteiger partial charge in [0.15, 0.2) is 0 Å². The molecule has 14 heavy (non-hydrogen) atoms. The molecule has 0 heterocycles. The van der Waals surface area contributed by atoms with Crippen LogP contribution in [0.3, 0.4) is 0 Å². The van der Waals surface area contributed by atoms with E-state index in [4.69, 9.17) is 5.73 Å². The molecule has 0 spiro atoms. The van der Waals surface area contributed by atoms with Crippen LogP contribution in [0.5, 0.6) is 0 Å². The van der Waals surface area contributed by atoms with Crippen LogP contribution in [0.15, 0.2) is 24.3 Å². The number of benzene rings is 1. The van der Waals surface area contributed by atoms with E-state index < -0.39 is 0 Å². The quantitative estimate of drug-likeness (QED) is 0.673. The van der Waals surface area contributed by atoms with Gasteiger partial charge in [0, 0.05) is 16.0 Å². The van der Waals surface area contributed by atoms with E-state index in [-0.39, 0.29) is 6.04 Å². The summed E-state index contributed by atoms with van der Waals surface area (Å²) in [7, 11) is 0. The molecule has 1 rings (SSSR count). The lowest BCUT2D eigenvalue weighted by Crippen LogP contribution is -2.09. The zero-order valence-electron chi connectivity index (χ0n) is 8.26. The highest BCUT2D eigenvalue weighted by Crippen LogP contribution is 2.16. The van der Waals surface area contributed by atoms with Gasteiger partial charge in [0.2, 0.25) is 0 Å². The highest BCUT2D eigenvalue weighted by atomic mass is 127. The van der Waals surface area contributed by atoms with Crippen molar-refractivity contribution in [2.45, 2.75) is 25.8 Å². The van der Waals surface area contributed by atoms with Crippen molar-refractivity contribution in [2.75, 3.05) is 0 Å². The third-order valence-corrected chi connectivity index (χ3v) is 2.77. The molecule has 0 saturated heterocycles. The third kappa shape index (κ3) is 3.69. The molecular weight excluding hydrogens is 285 g/mol. The van der Waals surface area contributed by atoms with Crippen LogP contribution in [-0.4, -0.2) is 0 Å². The van der Waals surface area contributed by atoms with Crippen molar-refractivity contribution >= 4 is 22.6 Å². The molecule has 0 amide bonds. The average molecular weight is 299 g/mol. The molecule has 74 valence electrons. The second-order valence-corrected chi connectivity index (χ2v) is 4.37. The van der Waals surface area contributed by atoms with E-state index in [0.29, 0.717) is 0 Å². The van der Waals surface area contributed by atoms with Crippen LogP contribution >= 0.6 is 22.6 Å². The molecule has 1 aromatic rings. The van der Waals surface area contributed by atoms with Gasteiger partial charge in [-0.05, 0) is 53.6 Å². The van der Waals surface area contributed by atoms with Crippen molar-refractivity contribution in [1.29, 1.82) is 0 Å². The van der Waals surface area contributed by atoms with Gasteiger partial charge >= 0.3 is 0 Å². The van der Waals surface area contributed by atoms with Gasteiger partial charge in [-0.3, -0.25) is 0 Å². The molecule has 2 N–H and O–H groups in total. The Labute approximate surface area is 99.2 Å². The molecule has 0 saturated carbocycles. The molecule has 1 atom stereocenters. The van der Waals surface area contributed by atoms with Gasteiger partial charge < -0.3 is 5.73 Å². The number of halogens is 1. The van der Waals surface area contributed by atoms with E-state index in [1.54, 1.807) is 0 Å². The first kappa shape index (κ1) is 11.5. The van der Waals surface area contributed by atoms with Crippen molar-refractivity contribution < 1.29 is 0 Å². The fraction of sp³-hybridized carbons (Fsp3) is 0.333. The summed E-state index contributed by atoms with van der Waals surface area (Å²) in [6.45, 7) is 1.86. The third-order valence-electron chi connectivity index (χ3n) is 2.06. The van der Waals surface area contributed by atoms with Crippen LogP contribution in [0.2, 0.25) is 0 Å². The Balaban J connectivity index is 2.54. The first-order valence-electron chi connectivity index (χ1n) is 4.64. The van der Waals surface area contributed by atoms with Gasteiger partial charge in [-0.2, -0.15) is 0 Å². The molecule has 2 heteroatoms. The summed E-state index contributed by atoms with van der Waals surface area (Å²) >= 11 is 2.29. The summed E-state index contributed by atoms with van der Waals surface area (Å²) in [5, 5.41) is 0. The van der Waals surface area contributed by atoms with Crippen LogP contribution in [-0.2, 0) is 0 Å². The van der Waals surface area contributed by atoms with Crippen molar-refractivity contribution in [1.82, 2.24) is 0 Å². The molecule has 0 bridgehead atoms. The molecule has 0 aliphatic carbocycles. The maximum absolute atomic E-state index is 6.02. The van der Waals surface area contributed by atoms with E-state index in [1.807, 2.05) is 6.92 Å². The van der Waals surface area contributed by atoms with Crippen molar-refractivity contribution in [2.24, 2.45) is 5.73 Å². The molecular formula is C12H14IN. The van der Waals surface area contributed by atoms with Crippen LogP contribution in [0, 0.1) is 15.4 Å². The topological polar surface area (TPSA) is 26.0 Å². The predicted molar refractivity (Wildman–Crippen MR) is 68.8 cm³/mol. The Bertz CT molecular complexity index is 332. The SMILES string of the molecule is CC#CCCC(N)c1ccc(I)cc1. The molecule has 0 radical (unpaired) electrons. The molecule has 0 aliphatic heterocycles. The smallest absolute Gasteiger partial charge is 0.0303 e. The second kappa shape index (κ2) is 6.05. The van der Waals surface area contributed by atoms with Crippen molar-refractivity contribution in [3.05, 3.63) is 33.4 Å². The van der Waals surface area contributed by atoms with Gasteiger partial charge in [-0.1, -0.05) is 12.1 Å². The minimum atomic E-state index is 0.118. The standard InChI is InChI=1S/C12H14IN/c1-2-3-4-5-12(14)10-6-8-11(13)9-7-10/h6-9,12H,4-5,14H2,1H3. The Morgan fingerprint density at radius 3 is 2.57 bits per heavy atom. The van der Waals surface area contributed by atoms with Gasteiger partial charge in [-0.15, -0.1) is 11.8 Å². The van der Waals surface area contributed by atoms with Gasteiger partial charge in [0.05, 0.1) is 0 Å². The van der Waals surface area contributed by atoms with Gasteiger partial charge in [0.1, 0.15) is 0 Å². The van der Waals surface area contributed by atoms with Gasteiger partial charge in [-0.25, -0.2) is 0 Å². The highest BCUT2D eigenvalue weighted by Gasteiger charge is 2.03. The number of rotatable bonds is 3. The monoisotopic (exact) mass is 299 g/mol. The molecule has 0 aromatic heterocycles. The number of hydrogen-bond acceptors (Lipinski definition) is 1. The summed E-state index contributed by atoms with van der Waals surface area (Å²) in [5.41, 5.74) is 7.21. The minimum absolute atomic E-state index is 0.118. The highest BCUT2D eigenvalue weighted by molar-refractivity contribution is 14.1. The second-order valence-electron chi connectivity index (χ2n) is 3.12. The zero-order chi connectivity index (χ0) is 10.4. The fourth-order valence-electron chi connectivity index (χ4n) is 1.23. The Morgan fingerprint density at radius 2 is 2.00 bits per heavy atom. The minimum Gasteiger partial charge on any atom is -0.324 e. The van der Waals surface area contributed by atoms with E-state index >= 15 is 0 Å². The molecule has 1 aromatic carbocycles. The van der Waals surface area contributed by atoms with E-state index in [0.717, 1.165) is 12.8 Å². The Hall–Kier alpha value is -0.530. The zero-order valence-corrected chi connectivity index (χ0v) is 10.4. The lowest BCUT2D eigenvalue weighted by Gasteiger charge is -2.09. The maximum atomic E-state index is 6.02. The summed E-state index contributed by atoms with van der Waals surface area (Å²) in [4.78, 5) is 0. The Kier molecular flexibility index (Phi) is 4.99. The lowest BCUT2D eigenvalue weighted by molar-refractivity contribution is 0.667. The molecule has 0 aliphatic rings. The Morgan fingerprint density at radius 1 is 1.36 bits per heavy atom. The van der Waals surface area contributed by atoms with Crippen molar-refractivity contribution in [3.8, 4) is 11.8 Å². The van der Waals surface area contributed by atoms with Crippen LogP contribution < -0.4 is 5.73 Å². The van der Waals surface area contributed by atoms with E-state index in [9.17, 15) is 0 Å². The van der Waals surface area contributed by atoms with Crippen LogP contribution in [0.4, 0.5) is 0 Å². The molecule has 0 fully saturated rings. The maximum Gasteiger partial charge on any atom is 0.0303 e. The summed E-state index contributed by atoms with van der Waals surface area (Å²) in [6.07, 6.45) is 1.81. The molecule has 1 unspecified atom stereocenters. The summed E-state index contributed by atoms with van der Waals surface area (Å²) in [6, 6.07) is 8.47. The first-order valence-corrected chi connectivity index (χ1v) is 5.72. The summed E-state index contributed by atoms with van der Waals surface area (Å²) in [5.74, 6) is 5.91. The molecule has 1 nitrogen and oxygen atoms in total. The summed E-state index contributed by atoms with van der Waals surface area (Å²) < 4.78 is 1.24. The normalized spacial score (nSPS) is 11.6. The van der Waals surface area contributed by atoms with Gasteiger partial charge in [0.25, 0.3) is 0 Å². The predicted octanol–water partition coefficient (Wildman–Crippen LogP) is 3.09. The van der Waals surface area contributed by atoms with E-state index in [1.165, 1.54) is 9.13 Å². The largest absolute Gasteiger partial charge is 0.324 e. The number of nitrogens with two attached hydrogens (primary N) is 1. The first-order chi connectivity index (χ1) is 6.74. The fourth-order valence-corrected chi connectivity index (χ4v) is 1.59. The van der Waals surface area contributed by atoms with Crippen molar-refractivity contribution in [3.63, 3.8) is 0 Å². The van der Waals surface area contributed by atoms with Crippen LogP contribution in [0.25, 0.3) is 0 Å².